The molecule has 1 aliphatic heterocycles. The Morgan fingerprint density at radius 3 is 2.69 bits per heavy atom. The van der Waals surface area contributed by atoms with E-state index in [1.165, 1.54) is 10.6 Å². The number of nitrogens with zero attached hydrogens (tertiary/aromatic N) is 3. The van der Waals surface area contributed by atoms with E-state index >= 15 is 8.78 Å². The standard InChI is InChI=1S/C25H21F3N4O3/c26-6-8-32-12-17(25(34)35)23(33)16-10-15-11-18(27)22(20(28)21(15)30-24(16)32)31-9-7-29-19(13-31)14-4-2-1-3-5-14/h1-5,10-12,19,29H,6-9,13H2,(H,34,35). The number of rotatable bonds is 5. The van der Waals surface area contributed by atoms with Gasteiger partial charge in [0.15, 0.2) is 5.82 Å². The molecular formula is C25H21F3N4O3. The van der Waals surface area contributed by atoms with Crippen LogP contribution in [0.3, 0.4) is 0 Å². The molecular weight excluding hydrogens is 461 g/mol. The zero-order chi connectivity index (χ0) is 24.7. The first-order valence-electron chi connectivity index (χ1n) is 11.1. The van der Waals surface area contributed by atoms with Gasteiger partial charge in [-0.15, -0.1) is 0 Å². The molecule has 1 fully saturated rings. The van der Waals surface area contributed by atoms with Gasteiger partial charge in [-0.05, 0) is 17.7 Å². The molecule has 35 heavy (non-hydrogen) atoms. The number of pyridine rings is 2. The summed E-state index contributed by atoms with van der Waals surface area (Å²) in [7, 11) is 0. The molecule has 0 amide bonds. The average molecular weight is 482 g/mol. The van der Waals surface area contributed by atoms with Crippen molar-refractivity contribution < 1.29 is 23.1 Å². The third-order valence-electron chi connectivity index (χ3n) is 6.25. The molecule has 2 N–H and O–H groups in total. The second-order valence-corrected chi connectivity index (χ2v) is 8.38. The maximum absolute atomic E-state index is 15.8. The molecule has 4 aromatic rings. The van der Waals surface area contributed by atoms with Gasteiger partial charge in [-0.1, -0.05) is 30.3 Å². The number of carbonyl (C=O) groups is 1. The van der Waals surface area contributed by atoms with Gasteiger partial charge >= 0.3 is 5.97 Å². The van der Waals surface area contributed by atoms with Gasteiger partial charge in [0, 0.05) is 37.3 Å². The minimum Gasteiger partial charge on any atom is -0.477 e. The maximum Gasteiger partial charge on any atom is 0.341 e. The first kappa shape index (κ1) is 22.9. The highest BCUT2D eigenvalue weighted by Crippen LogP contribution is 2.33. The summed E-state index contributed by atoms with van der Waals surface area (Å²) in [6.07, 6.45) is 0.995. The number of halogens is 3. The van der Waals surface area contributed by atoms with Crippen LogP contribution in [-0.2, 0) is 6.54 Å². The molecule has 7 nitrogen and oxygen atoms in total. The van der Waals surface area contributed by atoms with Gasteiger partial charge in [0.05, 0.1) is 11.9 Å². The summed E-state index contributed by atoms with van der Waals surface area (Å²) in [4.78, 5) is 30.0. The summed E-state index contributed by atoms with van der Waals surface area (Å²) in [6, 6.07) is 11.7. The fourth-order valence-electron chi connectivity index (χ4n) is 4.60. The summed E-state index contributed by atoms with van der Waals surface area (Å²) >= 11 is 0. The lowest BCUT2D eigenvalue weighted by Crippen LogP contribution is -2.46. The van der Waals surface area contributed by atoms with E-state index in [-0.39, 0.29) is 40.2 Å². The van der Waals surface area contributed by atoms with Crippen LogP contribution in [0.15, 0.2) is 53.5 Å². The summed E-state index contributed by atoms with van der Waals surface area (Å²) in [6.45, 7) is 0.0727. The topological polar surface area (TPSA) is 87.5 Å². The SMILES string of the molecule is O=C(O)c1cn(CCF)c2nc3c(F)c(N4CCNC(c5ccccc5)C4)c(F)cc3cc2c1=O. The molecule has 1 unspecified atom stereocenters. The van der Waals surface area contributed by atoms with Crippen molar-refractivity contribution in [2.45, 2.75) is 12.6 Å². The van der Waals surface area contributed by atoms with Crippen molar-refractivity contribution >= 4 is 33.6 Å². The van der Waals surface area contributed by atoms with Gasteiger partial charge in [0.25, 0.3) is 0 Å². The second-order valence-electron chi connectivity index (χ2n) is 8.38. The highest BCUT2D eigenvalue weighted by Gasteiger charge is 2.27. The van der Waals surface area contributed by atoms with Crippen LogP contribution in [0, 0.1) is 11.6 Å². The first-order valence-corrected chi connectivity index (χ1v) is 11.1. The predicted molar refractivity (Wildman–Crippen MR) is 126 cm³/mol. The number of nitrogens with one attached hydrogen (secondary N) is 1. The number of fused-ring (bicyclic) bond motifs is 2. The number of aromatic carboxylic acids is 1. The molecule has 0 bridgehead atoms. The molecule has 2 aromatic carbocycles. The first-order chi connectivity index (χ1) is 16.9. The number of aromatic nitrogens is 2. The Kier molecular flexibility index (Phi) is 5.89. The van der Waals surface area contributed by atoms with Crippen LogP contribution >= 0.6 is 0 Å². The van der Waals surface area contributed by atoms with E-state index in [1.54, 1.807) is 4.90 Å². The zero-order valence-electron chi connectivity index (χ0n) is 18.5. The Bertz CT molecular complexity index is 1510. The largest absolute Gasteiger partial charge is 0.477 e. The molecule has 0 aliphatic carbocycles. The van der Waals surface area contributed by atoms with Crippen LogP contribution in [0.5, 0.6) is 0 Å². The molecule has 5 rings (SSSR count). The van der Waals surface area contributed by atoms with Crippen LogP contribution in [0.25, 0.3) is 21.9 Å². The lowest BCUT2D eigenvalue weighted by molar-refractivity contribution is 0.0694. The van der Waals surface area contributed by atoms with Crippen LogP contribution in [0.4, 0.5) is 18.9 Å². The number of aryl methyl sites for hydroxylation is 1. The van der Waals surface area contributed by atoms with Crippen molar-refractivity contribution in [2.24, 2.45) is 0 Å². The van der Waals surface area contributed by atoms with Crippen LogP contribution < -0.4 is 15.6 Å². The number of anilines is 1. The minimum absolute atomic E-state index is 0.0115. The lowest BCUT2D eigenvalue weighted by Gasteiger charge is -2.36. The van der Waals surface area contributed by atoms with Gasteiger partial charge in [-0.2, -0.15) is 0 Å². The van der Waals surface area contributed by atoms with Crippen LogP contribution in [0.2, 0.25) is 0 Å². The molecule has 0 radical (unpaired) electrons. The monoisotopic (exact) mass is 482 g/mol. The number of piperazine rings is 1. The van der Waals surface area contributed by atoms with E-state index in [2.05, 4.69) is 10.3 Å². The molecule has 1 aliphatic rings. The second kappa shape index (κ2) is 9.03. The molecule has 0 spiro atoms. The number of alkyl halides is 1. The number of hydrogen-bond acceptors (Lipinski definition) is 5. The van der Waals surface area contributed by atoms with E-state index < -0.39 is 35.3 Å². The maximum atomic E-state index is 15.8. The van der Waals surface area contributed by atoms with Crippen molar-refractivity contribution in [3.05, 3.63) is 81.6 Å². The minimum atomic E-state index is -1.48. The smallest absolute Gasteiger partial charge is 0.341 e. The lowest BCUT2D eigenvalue weighted by atomic mass is 10.0. The average Bonchev–Trinajstić information content (AvgIpc) is 2.86. The van der Waals surface area contributed by atoms with Crippen molar-refractivity contribution in [2.75, 3.05) is 31.2 Å². The molecule has 1 saturated heterocycles. The van der Waals surface area contributed by atoms with Gasteiger partial charge in [0.1, 0.15) is 34.9 Å². The summed E-state index contributed by atoms with van der Waals surface area (Å²) in [5, 5.41) is 12.6. The van der Waals surface area contributed by atoms with Crippen molar-refractivity contribution in [3.63, 3.8) is 0 Å². The van der Waals surface area contributed by atoms with Crippen molar-refractivity contribution in [3.8, 4) is 0 Å². The third kappa shape index (κ3) is 3.99. The quantitative estimate of drug-likeness (QED) is 0.423. The van der Waals surface area contributed by atoms with E-state index in [0.29, 0.717) is 19.6 Å². The van der Waals surface area contributed by atoms with E-state index in [1.807, 2.05) is 30.3 Å². The van der Waals surface area contributed by atoms with Gasteiger partial charge < -0.3 is 19.9 Å². The third-order valence-corrected chi connectivity index (χ3v) is 6.25. The fraction of sp³-hybridized carbons (Fsp3) is 0.240. The van der Waals surface area contributed by atoms with E-state index in [9.17, 15) is 19.1 Å². The van der Waals surface area contributed by atoms with Crippen molar-refractivity contribution in [1.82, 2.24) is 14.9 Å². The van der Waals surface area contributed by atoms with Crippen LogP contribution in [-0.4, -0.2) is 46.9 Å². The Morgan fingerprint density at radius 1 is 1.20 bits per heavy atom. The molecule has 2 aromatic heterocycles. The van der Waals surface area contributed by atoms with Gasteiger partial charge in [0.2, 0.25) is 5.43 Å². The van der Waals surface area contributed by atoms with E-state index in [0.717, 1.165) is 17.8 Å². The Balaban J connectivity index is 1.66. The molecule has 10 heteroatoms. The predicted octanol–water partition coefficient (Wildman–Crippen LogP) is 3.65. The van der Waals surface area contributed by atoms with Crippen LogP contribution in [0.1, 0.15) is 22.0 Å². The summed E-state index contributed by atoms with van der Waals surface area (Å²) in [5.74, 6) is -3.19. The summed E-state index contributed by atoms with van der Waals surface area (Å²) in [5.41, 5.74) is -0.907. The molecule has 3 heterocycles. The molecule has 0 saturated carbocycles. The zero-order valence-corrected chi connectivity index (χ0v) is 18.5. The Labute approximate surface area is 197 Å². The number of benzene rings is 2. The fourth-order valence-corrected chi connectivity index (χ4v) is 4.60. The number of carboxylic acids is 1. The normalized spacial score (nSPS) is 16.2. The molecule has 1 atom stereocenters. The Morgan fingerprint density at radius 2 is 1.97 bits per heavy atom. The van der Waals surface area contributed by atoms with Gasteiger partial charge in [-0.3, -0.25) is 4.79 Å². The highest BCUT2D eigenvalue weighted by molar-refractivity contribution is 5.97. The number of hydrogen-bond donors (Lipinski definition) is 2. The number of carboxylic acid groups (broad SMARTS) is 1. The van der Waals surface area contributed by atoms with Crippen molar-refractivity contribution in [1.29, 1.82) is 0 Å². The van der Waals surface area contributed by atoms with Gasteiger partial charge in [-0.25, -0.2) is 22.9 Å². The highest BCUT2D eigenvalue weighted by atomic mass is 19.1. The Hall–Kier alpha value is -3.92. The van der Waals surface area contributed by atoms with E-state index in [4.69, 9.17) is 0 Å². The molecule has 180 valence electrons. The summed E-state index contributed by atoms with van der Waals surface area (Å²) < 4.78 is 45.3.